The summed E-state index contributed by atoms with van der Waals surface area (Å²) in [6.45, 7) is 4.33. The molecule has 0 saturated carbocycles. The molecule has 4 nitrogen and oxygen atoms in total. The van der Waals surface area contributed by atoms with E-state index in [1.165, 1.54) is 19.3 Å². The molecule has 1 aromatic rings. The average molecular weight is 313 g/mol. The third-order valence-electron chi connectivity index (χ3n) is 3.27. The minimum absolute atomic E-state index is 0.880. The molecule has 0 aromatic carbocycles. The van der Waals surface area contributed by atoms with Crippen LogP contribution in [0.1, 0.15) is 38.3 Å². The first-order chi connectivity index (χ1) is 8.76. The van der Waals surface area contributed by atoms with Gasteiger partial charge >= 0.3 is 0 Å². The number of nitrogens with one attached hydrogen (secondary N) is 1. The zero-order chi connectivity index (χ0) is 13.0. The van der Waals surface area contributed by atoms with E-state index in [0.29, 0.717) is 0 Å². The van der Waals surface area contributed by atoms with Gasteiger partial charge in [-0.05, 0) is 41.6 Å². The first kappa shape index (κ1) is 13.6. The van der Waals surface area contributed by atoms with Crippen molar-refractivity contribution in [1.82, 2.24) is 9.97 Å². The molecule has 0 bridgehead atoms. The standard InChI is InChI=1S/C13H21BrN4/c1-3-7-10-11(14)12(15-2)17-13(16-10)18-8-5-4-6-9-18/h3-9H2,1-2H3,(H,15,16,17). The number of rotatable bonds is 4. The van der Waals surface area contributed by atoms with Crippen molar-refractivity contribution in [2.24, 2.45) is 0 Å². The molecule has 2 heterocycles. The molecule has 1 aliphatic rings. The number of aromatic nitrogens is 2. The van der Waals surface area contributed by atoms with Gasteiger partial charge in [0.15, 0.2) is 0 Å². The first-order valence-corrected chi connectivity index (χ1v) is 7.54. The van der Waals surface area contributed by atoms with E-state index in [-0.39, 0.29) is 0 Å². The Kier molecular flexibility index (Phi) is 4.80. The van der Waals surface area contributed by atoms with Crippen molar-refractivity contribution in [2.45, 2.75) is 39.0 Å². The third-order valence-corrected chi connectivity index (χ3v) is 4.10. The smallest absolute Gasteiger partial charge is 0.227 e. The maximum Gasteiger partial charge on any atom is 0.227 e. The Bertz CT molecular complexity index is 402. The number of piperidine rings is 1. The van der Waals surface area contributed by atoms with Crippen LogP contribution in [-0.2, 0) is 6.42 Å². The second-order valence-electron chi connectivity index (χ2n) is 4.68. The zero-order valence-electron chi connectivity index (χ0n) is 11.2. The Morgan fingerprint density at radius 2 is 1.94 bits per heavy atom. The van der Waals surface area contributed by atoms with Crippen LogP contribution in [0.25, 0.3) is 0 Å². The molecule has 1 fully saturated rings. The van der Waals surface area contributed by atoms with Gasteiger partial charge in [-0.2, -0.15) is 4.98 Å². The molecule has 0 amide bonds. The summed E-state index contributed by atoms with van der Waals surface area (Å²) in [5.41, 5.74) is 1.11. The lowest BCUT2D eigenvalue weighted by molar-refractivity contribution is 0.567. The summed E-state index contributed by atoms with van der Waals surface area (Å²) in [5.74, 6) is 1.78. The molecule has 1 aromatic heterocycles. The van der Waals surface area contributed by atoms with E-state index in [9.17, 15) is 0 Å². The number of aryl methyl sites for hydroxylation is 1. The van der Waals surface area contributed by atoms with E-state index in [1.807, 2.05) is 7.05 Å². The monoisotopic (exact) mass is 312 g/mol. The molecule has 1 aliphatic heterocycles. The van der Waals surface area contributed by atoms with Crippen molar-refractivity contribution in [1.29, 1.82) is 0 Å². The summed E-state index contributed by atoms with van der Waals surface area (Å²) in [5, 5.41) is 3.15. The fourth-order valence-corrected chi connectivity index (χ4v) is 2.86. The van der Waals surface area contributed by atoms with Crippen molar-refractivity contribution in [3.05, 3.63) is 10.2 Å². The maximum absolute atomic E-state index is 4.72. The van der Waals surface area contributed by atoms with Crippen molar-refractivity contribution in [3.8, 4) is 0 Å². The van der Waals surface area contributed by atoms with Gasteiger partial charge in [-0.15, -0.1) is 0 Å². The fourth-order valence-electron chi connectivity index (χ4n) is 2.28. The van der Waals surface area contributed by atoms with Crippen LogP contribution in [0.2, 0.25) is 0 Å². The van der Waals surface area contributed by atoms with E-state index in [1.54, 1.807) is 0 Å². The summed E-state index contributed by atoms with van der Waals surface area (Å²) < 4.78 is 1.01. The zero-order valence-corrected chi connectivity index (χ0v) is 12.8. The van der Waals surface area contributed by atoms with Crippen LogP contribution in [-0.4, -0.2) is 30.1 Å². The van der Waals surface area contributed by atoms with Gasteiger partial charge < -0.3 is 10.2 Å². The number of hydrogen-bond donors (Lipinski definition) is 1. The lowest BCUT2D eigenvalue weighted by Crippen LogP contribution is -2.31. The van der Waals surface area contributed by atoms with Gasteiger partial charge in [0, 0.05) is 20.1 Å². The largest absolute Gasteiger partial charge is 0.372 e. The maximum atomic E-state index is 4.72. The van der Waals surface area contributed by atoms with Gasteiger partial charge in [-0.25, -0.2) is 4.98 Å². The highest BCUT2D eigenvalue weighted by Crippen LogP contribution is 2.27. The number of nitrogens with zero attached hydrogens (tertiary/aromatic N) is 3. The molecule has 100 valence electrons. The quantitative estimate of drug-likeness (QED) is 0.926. The molecule has 0 unspecified atom stereocenters. The van der Waals surface area contributed by atoms with E-state index >= 15 is 0 Å². The normalized spacial score (nSPS) is 15.8. The van der Waals surface area contributed by atoms with Crippen molar-refractivity contribution < 1.29 is 0 Å². The lowest BCUT2D eigenvalue weighted by Gasteiger charge is -2.27. The van der Waals surface area contributed by atoms with Crippen LogP contribution in [0.5, 0.6) is 0 Å². The Morgan fingerprint density at radius 3 is 2.56 bits per heavy atom. The lowest BCUT2D eigenvalue weighted by atomic mass is 10.1. The van der Waals surface area contributed by atoms with Gasteiger partial charge in [0.05, 0.1) is 10.2 Å². The minimum atomic E-state index is 0.880. The molecule has 18 heavy (non-hydrogen) atoms. The molecule has 0 radical (unpaired) electrons. The van der Waals surface area contributed by atoms with Gasteiger partial charge in [-0.1, -0.05) is 13.3 Å². The molecule has 1 saturated heterocycles. The summed E-state index contributed by atoms with van der Waals surface area (Å²) in [6, 6.07) is 0. The van der Waals surface area contributed by atoms with Crippen LogP contribution in [0, 0.1) is 0 Å². The second kappa shape index (κ2) is 6.36. The molecule has 2 rings (SSSR count). The highest BCUT2D eigenvalue weighted by Gasteiger charge is 2.17. The van der Waals surface area contributed by atoms with Gasteiger partial charge in [-0.3, -0.25) is 0 Å². The van der Waals surface area contributed by atoms with Crippen LogP contribution in [0.15, 0.2) is 4.47 Å². The summed E-state index contributed by atoms with van der Waals surface area (Å²) in [7, 11) is 1.91. The van der Waals surface area contributed by atoms with Crippen LogP contribution in [0.4, 0.5) is 11.8 Å². The van der Waals surface area contributed by atoms with Crippen LogP contribution < -0.4 is 10.2 Å². The van der Waals surface area contributed by atoms with Gasteiger partial charge in [0.25, 0.3) is 0 Å². The van der Waals surface area contributed by atoms with E-state index in [2.05, 4.69) is 38.1 Å². The highest BCUT2D eigenvalue weighted by molar-refractivity contribution is 9.10. The second-order valence-corrected chi connectivity index (χ2v) is 5.47. The molecular weight excluding hydrogens is 292 g/mol. The molecule has 0 atom stereocenters. The number of anilines is 2. The Hall–Kier alpha value is -0.840. The Morgan fingerprint density at radius 1 is 1.22 bits per heavy atom. The van der Waals surface area contributed by atoms with E-state index in [4.69, 9.17) is 4.98 Å². The van der Waals surface area contributed by atoms with E-state index < -0.39 is 0 Å². The van der Waals surface area contributed by atoms with Gasteiger partial charge in [0.2, 0.25) is 5.95 Å². The van der Waals surface area contributed by atoms with E-state index in [0.717, 1.165) is 47.9 Å². The summed E-state index contributed by atoms with van der Waals surface area (Å²) >= 11 is 3.59. The van der Waals surface area contributed by atoms with Crippen molar-refractivity contribution in [2.75, 3.05) is 30.4 Å². The Labute approximate surface area is 117 Å². The molecule has 0 aliphatic carbocycles. The number of hydrogen-bond acceptors (Lipinski definition) is 4. The molecule has 1 N–H and O–H groups in total. The van der Waals surface area contributed by atoms with Crippen molar-refractivity contribution >= 4 is 27.7 Å². The summed E-state index contributed by atoms with van der Waals surface area (Å²) in [6.07, 6.45) is 5.90. The Balaban J connectivity index is 2.31. The van der Waals surface area contributed by atoms with Crippen molar-refractivity contribution in [3.63, 3.8) is 0 Å². The third kappa shape index (κ3) is 2.94. The SMILES string of the molecule is CCCc1nc(N2CCCCC2)nc(NC)c1Br. The average Bonchev–Trinajstić information content (AvgIpc) is 2.42. The molecular formula is C13H21BrN4. The van der Waals surface area contributed by atoms with Crippen LogP contribution in [0.3, 0.4) is 0 Å². The van der Waals surface area contributed by atoms with Gasteiger partial charge in [0.1, 0.15) is 5.82 Å². The topological polar surface area (TPSA) is 41.1 Å². The fraction of sp³-hybridized carbons (Fsp3) is 0.692. The first-order valence-electron chi connectivity index (χ1n) is 6.75. The predicted octanol–water partition coefficient (Wildman–Crippen LogP) is 3.22. The number of halogens is 1. The predicted molar refractivity (Wildman–Crippen MR) is 79.3 cm³/mol. The highest BCUT2D eigenvalue weighted by atomic mass is 79.9. The minimum Gasteiger partial charge on any atom is -0.372 e. The molecule has 5 heteroatoms. The van der Waals surface area contributed by atoms with Crippen LogP contribution >= 0.6 is 15.9 Å². The summed E-state index contributed by atoms with van der Waals surface area (Å²) in [4.78, 5) is 11.6. The molecule has 0 spiro atoms.